The van der Waals surface area contributed by atoms with Gasteiger partial charge in [-0.15, -0.1) is 0 Å². The molecule has 2 rings (SSSR count). The van der Waals surface area contributed by atoms with E-state index in [1.54, 1.807) is 7.11 Å². The monoisotopic (exact) mass is 262 g/mol. The van der Waals surface area contributed by atoms with Crippen molar-refractivity contribution in [3.8, 4) is 5.75 Å². The van der Waals surface area contributed by atoms with Gasteiger partial charge in [0.2, 0.25) is 0 Å². The van der Waals surface area contributed by atoms with Gasteiger partial charge >= 0.3 is 0 Å². The predicted molar refractivity (Wildman–Crippen MR) is 78.5 cm³/mol. The molecule has 1 saturated carbocycles. The minimum Gasteiger partial charge on any atom is -0.496 e. The van der Waals surface area contributed by atoms with Crippen molar-refractivity contribution in [1.29, 1.82) is 0 Å². The molecule has 0 spiro atoms. The highest BCUT2D eigenvalue weighted by molar-refractivity contribution is 5.47. The Labute approximate surface area is 116 Å². The zero-order valence-corrected chi connectivity index (χ0v) is 12.8. The molecular formula is C17H26O2. The fourth-order valence-corrected chi connectivity index (χ4v) is 3.64. The number of hydrogen-bond donors (Lipinski definition) is 1. The first-order valence-electron chi connectivity index (χ1n) is 7.28. The molecule has 0 amide bonds. The van der Waals surface area contributed by atoms with E-state index in [1.807, 2.05) is 6.07 Å². The molecule has 1 N–H and O–H groups in total. The Balaban J connectivity index is 2.56. The maximum Gasteiger partial charge on any atom is 0.125 e. The molecule has 3 unspecified atom stereocenters. The molecule has 2 nitrogen and oxygen atoms in total. The van der Waals surface area contributed by atoms with Crippen LogP contribution in [-0.4, -0.2) is 12.2 Å². The van der Waals surface area contributed by atoms with E-state index in [-0.39, 0.29) is 5.92 Å². The van der Waals surface area contributed by atoms with E-state index < -0.39 is 5.60 Å². The Morgan fingerprint density at radius 3 is 2.58 bits per heavy atom. The highest BCUT2D eigenvalue weighted by Gasteiger charge is 2.43. The first-order valence-corrected chi connectivity index (χ1v) is 7.28. The van der Waals surface area contributed by atoms with Crippen molar-refractivity contribution in [2.75, 3.05) is 7.11 Å². The Kier molecular flexibility index (Phi) is 3.91. The lowest BCUT2D eigenvalue weighted by molar-refractivity contribution is -0.0706. The van der Waals surface area contributed by atoms with Crippen LogP contribution in [0, 0.1) is 25.7 Å². The minimum absolute atomic E-state index is 0.261. The third-order valence-corrected chi connectivity index (χ3v) is 4.92. The van der Waals surface area contributed by atoms with Crippen molar-refractivity contribution in [1.82, 2.24) is 0 Å². The second-order valence-corrected chi connectivity index (χ2v) is 6.24. The van der Waals surface area contributed by atoms with Crippen molar-refractivity contribution in [3.05, 3.63) is 28.8 Å². The fraction of sp³-hybridized carbons (Fsp3) is 0.647. The van der Waals surface area contributed by atoms with E-state index in [0.29, 0.717) is 5.92 Å². The lowest BCUT2D eigenvalue weighted by Crippen LogP contribution is -2.41. The molecule has 3 atom stereocenters. The highest BCUT2D eigenvalue weighted by atomic mass is 16.5. The smallest absolute Gasteiger partial charge is 0.125 e. The van der Waals surface area contributed by atoms with Crippen LogP contribution in [0.25, 0.3) is 0 Å². The summed E-state index contributed by atoms with van der Waals surface area (Å²) in [4.78, 5) is 0. The molecule has 1 aliphatic rings. The first kappa shape index (κ1) is 14.4. The maximum atomic E-state index is 11.3. The van der Waals surface area contributed by atoms with Gasteiger partial charge in [0, 0.05) is 5.56 Å². The van der Waals surface area contributed by atoms with Crippen molar-refractivity contribution < 1.29 is 9.84 Å². The van der Waals surface area contributed by atoms with E-state index in [9.17, 15) is 5.11 Å². The summed E-state index contributed by atoms with van der Waals surface area (Å²) in [6.07, 6.45) is 3.12. The van der Waals surface area contributed by atoms with Gasteiger partial charge in [-0.2, -0.15) is 0 Å². The zero-order valence-electron chi connectivity index (χ0n) is 12.8. The molecule has 1 aromatic carbocycles. The summed E-state index contributed by atoms with van der Waals surface area (Å²) in [5, 5.41) is 11.3. The molecule has 0 aromatic heterocycles. The quantitative estimate of drug-likeness (QED) is 0.874. The second-order valence-electron chi connectivity index (χ2n) is 6.24. The molecule has 1 fully saturated rings. The van der Waals surface area contributed by atoms with E-state index in [0.717, 1.165) is 29.7 Å². The Hall–Kier alpha value is -1.02. The van der Waals surface area contributed by atoms with Crippen molar-refractivity contribution in [3.63, 3.8) is 0 Å². The standard InChI is InChI=1S/C17H26O2/c1-11-9-13(3)16(15(10-11)19-5)17(18)8-6-7-12(2)14(17)4/h9-10,12,14,18H,6-8H2,1-5H3. The Morgan fingerprint density at radius 2 is 1.95 bits per heavy atom. The topological polar surface area (TPSA) is 29.5 Å². The summed E-state index contributed by atoms with van der Waals surface area (Å²) in [5.41, 5.74) is 2.57. The van der Waals surface area contributed by atoms with Gasteiger partial charge in [0.15, 0.2) is 0 Å². The van der Waals surface area contributed by atoms with Gasteiger partial charge in [0.25, 0.3) is 0 Å². The molecule has 1 aromatic rings. The van der Waals surface area contributed by atoms with Crippen LogP contribution in [0.5, 0.6) is 5.75 Å². The Bertz CT molecular complexity index is 467. The largest absolute Gasteiger partial charge is 0.496 e. The van der Waals surface area contributed by atoms with Crippen molar-refractivity contribution in [2.45, 2.75) is 52.6 Å². The lowest BCUT2D eigenvalue weighted by Gasteiger charge is -2.43. The predicted octanol–water partition coefficient (Wildman–Crippen LogP) is 3.96. The molecule has 2 heteroatoms. The Morgan fingerprint density at radius 1 is 1.26 bits per heavy atom. The van der Waals surface area contributed by atoms with Crippen LogP contribution in [0.3, 0.4) is 0 Å². The van der Waals surface area contributed by atoms with Gasteiger partial charge in [0.1, 0.15) is 5.75 Å². The van der Waals surface area contributed by atoms with Crippen molar-refractivity contribution >= 4 is 0 Å². The summed E-state index contributed by atoms with van der Waals surface area (Å²) < 4.78 is 5.55. The average molecular weight is 262 g/mol. The number of aliphatic hydroxyl groups is 1. The van der Waals surface area contributed by atoms with Crippen LogP contribution >= 0.6 is 0 Å². The molecule has 0 heterocycles. The third-order valence-electron chi connectivity index (χ3n) is 4.92. The zero-order chi connectivity index (χ0) is 14.2. The number of hydrogen-bond acceptors (Lipinski definition) is 2. The van der Waals surface area contributed by atoms with Crippen LogP contribution in [0.1, 0.15) is 49.8 Å². The summed E-state index contributed by atoms with van der Waals surface area (Å²) in [5.74, 6) is 1.64. The van der Waals surface area contributed by atoms with Crippen molar-refractivity contribution in [2.24, 2.45) is 11.8 Å². The molecular weight excluding hydrogens is 236 g/mol. The molecule has 1 aliphatic carbocycles. The number of benzene rings is 1. The first-order chi connectivity index (χ1) is 8.90. The van der Waals surface area contributed by atoms with E-state index in [4.69, 9.17) is 4.74 Å². The van der Waals surface area contributed by atoms with Gasteiger partial charge in [0.05, 0.1) is 12.7 Å². The SMILES string of the molecule is COc1cc(C)cc(C)c1C1(O)CCCC(C)C1C. The molecule has 106 valence electrons. The molecule has 19 heavy (non-hydrogen) atoms. The maximum absolute atomic E-state index is 11.3. The molecule has 0 radical (unpaired) electrons. The van der Waals surface area contributed by atoms with E-state index in [2.05, 4.69) is 33.8 Å². The van der Waals surface area contributed by atoms with Gasteiger partial charge in [-0.1, -0.05) is 26.3 Å². The molecule has 0 aliphatic heterocycles. The lowest BCUT2D eigenvalue weighted by atomic mass is 9.66. The number of ether oxygens (including phenoxy) is 1. The van der Waals surface area contributed by atoms with Gasteiger partial charge < -0.3 is 9.84 Å². The van der Waals surface area contributed by atoms with Crippen LogP contribution in [0.2, 0.25) is 0 Å². The van der Waals surface area contributed by atoms with Gasteiger partial charge in [-0.25, -0.2) is 0 Å². The van der Waals surface area contributed by atoms with Crippen LogP contribution in [0.4, 0.5) is 0 Å². The number of rotatable bonds is 2. The number of methoxy groups -OCH3 is 1. The van der Waals surface area contributed by atoms with Gasteiger partial charge in [-0.3, -0.25) is 0 Å². The van der Waals surface area contributed by atoms with Crippen LogP contribution < -0.4 is 4.74 Å². The van der Waals surface area contributed by atoms with E-state index in [1.165, 1.54) is 12.0 Å². The average Bonchev–Trinajstić information content (AvgIpc) is 2.34. The normalized spacial score (nSPS) is 31.3. The summed E-state index contributed by atoms with van der Waals surface area (Å²) >= 11 is 0. The summed E-state index contributed by atoms with van der Waals surface area (Å²) in [7, 11) is 1.69. The third kappa shape index (κ3) is 2.38. The highest BCUT2D eigenvalue weighted by Crippen LogP contribution is 2.48. The summed E-state index contributed by atoms with van der Waals surface area (Å²) in [6, 6.07) is 4.17. The second kappa shape index (κ2) is 5.16. The fourth-order valence-electron chi connectivity index (χ4n) is 3.64. The van der Waals surface area contributed by atoms with E-state index >= 15 is 0 Å². The van der Waals surface area contributed by atoms with Crippen LogP contribution in [-0.2, 0) is 5.60 Å². The molecule has 0 saturated heterocycles. The minimum atomic E-state index is -0.749. The summed E-state index contributed by atoms with van der Waals surface area (Å²) in [6.45, 7) is 8.55. The molecule has 0 bridgehead atoms. The van der Waals surface area contributed by atoms with Crippen LogP contribution in [0.15, 0.2) is 12.1 Å². The van der Waals surface area contributed by atoms with Gasteiger partial charge in [-0.05, 0) is 55.7 Å². The number of aryl methyl sites for hydroxylation is 2.